The van der Waals surface area contributed by atoms with E-state index >= 15 is 0 Å². The minimum Gasteiger partial charge on any atom is -0.334 e. The Labute approximate surface area is 144 Å². The van der Waals surface area contributed by atoms with Crippen molar-refractivity contribution in [3.8, 4) is 0 Å². The van der Waals surface area contributed by atoms with Gasteiger partial charge in [-0.2, -0.15) is 0 Å². The van der Waals surface area contributed by atoms with Crippen LogP contribution < -0.4 is 10.6 Å². The van der Waals surface area contributed by atoms with Crippen molar-refractivity contribution in [3.63, 3.8) is 0 Å². The van der Waals surface area contributed by atoms with Crippen molar-refractivity contribution in [1.82, 2.24) is 10.6 Å². The lowest BCUT2D eigenvalue weighted by Crippen LogP contribution is -2.42. The fourth-order valence-electron chi connectivity index (χ4n) is 1.81. The zero-order valence-electron chi connectivity index (χ0n) is 12.6. The number of amides is 3. The molecule has 0 aromatic heterocycles. The van der Waals surface area contributed by atoms with Gasteiger partial charge in [-0.15, -0.1) is 11.8 Å². The number of hydrogen-bond acceptors (Lipinski definition) is 3. The highest BCUT2D eigenvalue weighted by Gasteiger charge is 2.16. The standard InChI is InChI=1S/C17H17ClN2O2S/c1-12(23-15-9-7-14(18)8-10-15)16(21)20-17(22)19-11-13-5-3-2-4-6-13/h2-10,12H,11H2,1H3,(H2,19,20,21,22)/t12-/m1/s1. The van der Waals surface area contributed by atoms with E-state index < -0.39 is 11.3 Å². The van der Waals surface area contributed by atoms with Gasteiger partial charge in [0.2, 0.25) is 5.91 Å². The number of carbonyl (C=O) groups excluding carboxylic acids is 2. The molecule has 1 atom stereocenters. The number of hydrogen-bond donors (Lipinski definition) is 2. The second kappa shape index (κ2) is 8.60. The van der Waals surface area contributed by atoms with E-state index in [-0.39, 0.29) is 5.91 Å². The summed E-state index contributed by atoms with van der Waals surface area (Å²) in [6.07, 6.45) is 0. The molecule has 0 fully saturated rings. The SMILES string of the molecule is C[C@@H](Sc1ccc(Cl)cc1)C(=O)NC(=O)NCc1ccccc1. The summed E-state index contributed by atoms with van der Waals surface area (Å²) in [7, 11) is 0. The van der Waals surface area contributed by atoms with Crippen LogP contribution in [0.4, 0.5) is 4.79 Å². The van der Waals surface area contributed by atoms with E-state index in [0.717, 1.165) is 10.5 Å². The molecule has 2 aromatic carbocycles. The molecule has 0 heterocycles. The summed E-state index contributed by atoms with van der Waals surface area (Å²) < 4.78 is 0. The van der Waals surface area contributed by atoms with Gasteiger partial charge in [0.1, 0.15) is 0 Å². The van der Waals surface area contributed by atoms with Gasteiger partial charge in [-0.1, -0.05) is 41.9 Å². The van der Waals surface area contributed by atoms with Gasteiger partial charge in [0.15, 0.2) is 0 Å². The molecule has 120 valence electrons. The van der Waals surface area contributed by atoms with Crippen molar-refractivity contribution < 1.29 is 9.59 Å². The Kier molecular flexibility index (Phi) is 6.50. The van der Waals surface area contributed by atoms with Gasteiger partial charge in [-0.05, 0) is 36.8 Å². The Morgan fingerprint density at radius 2 is 1.74 bits per heavy atom. The highest BCUT2D eigenvalue weighted by atomic mass is 35.5. The third kappa shape index (κ3) is 5.96. The number of imide groups is 1. The first-order valence-corrected chi connectivity index (χ1v) is 8.35. The van der Waals surface area contributed by atoms with Crippen LogP contribution in [0.3, 0.4) is 0 Å². The maximum atomic E-state index is 12.0. The van der Waals surface area contributed by atoms with Gasteiger partial charge >= 0.3 is 6.03 Å². The molecule has 3 amide bonds. The molecule has 0 bridgehead atoms. The fraction of sp³-hybridized carbons (Fsp3) is 0.176. The quantitative estimate of drug-likeness (QED) is 0.807. The third-order valence-electron chi connectivity index (χ3n) is 3.03. The van der Waals surface area contributed by atoms with Crippen molar-refractivity contribution in [2.24, 2.45) is 0 Å². The molecule has 4 nitrogen and oxygen atoms in total. The summed E-state index contributed by atoms with van der Waals surface area (Å²) >= 11 is 7.19. The van der Waals surface area contributed by atoms with E-state index in [1.807, 2.05) is 42.5 Å². The summed E-state index contributed by atoms with van der Waals surface area (Å²) in [5, 5.41) is 5.26. The molecule has 0 aliphatic rings. The number of thioether (sulfide) groups is 1. The zero-order valence-corrected chi connectivity index (χ0v) is 14.2. The number of nitrogens with one attached hydrogen (secondary N) is 2. The monoisotopic (exact) mass is 348 g/mol. The van der Waals surface area contributed by atoms with Crippen LogP contribution in [0.1, 0.15) is 12.5 Å². The number of rotatable bonds is 5. The van der Waals surface area contributed by atoms with E-state index in [1.54, 1.807) is 19.1 Å². The van der Waals surface area contributed by atoms with Crippen LogP contribution in [-0.2, 0) is 11.3 Å². The first-order valence-electron chi connectivity index (χ1n) is 7.09. The summed E-state index contributed by atoms with van der Waals surface area (Å²) in [5.41, 5.74) is 0.971. The molecule has 0 aliphatic carbocycles. The molecule has 0 radical (unpaired) electrons. The summed E-state index contributed by atoms with van der Waals surface area (Å²) in [4.78, 5) is 24.7. The maximum absolute atomic E-state index is 12.0. The average molecular weight is 349 g/mol. The summed E-state index contributed by atoms with van der Waals surface area (Å²) in [5.74, 6) is -0.337. The highest BCUT2D eigenvalue weighted by molar-refractivity contribution is 8.00. The van der Waals surface area contributed by atoms with Crippen LogP contribution in [0, 0.1) is 0 Å². The van der Waals surface area contributed by atoms with Gasteiger partial charge < -0.3 is 5.32 Å². The summed E-state index contributed by atoms with van der Waals surface area (Å²) in [6.45, 7) is 2.12. The molecule has 2 N–H and O–H groups in total. The van der Waals surface area contributed by atoms with Crippen molar-refractivity contribution in [1.29, 1.82) is 0 Å². The van der Waals surface area contributed by atoms with Gasteiger partial charge in [0, 0.05) is 16.5 Å². The number of carbonyl (C=O) groups is 2. The molecular formula is C17H17ClN2O2S. The first-order chi connectivity index (χ1) is 11.0. The van der Waals surface area contributed by atoms with Crippen LogP contribution in [0.5, 0.6) is 0 Å². The van der Waals surface area contributed by atoms with Crippen LogP contribution >= 0.6 is 23.4 Å². The van der Waals surface area contributed by atoms with Crippen molar-refractivity contribution in [2.45, 2.75) is 23.6 Å². The second-order valence-corrected chi connectivity index (χ2v) is 6.72. The number of halogens is 1. The lowest BCUT2D eigenvalue weighted by atomic mass is 10.2. The number of benzene rings is 2. The van der Waals surface area contributed by atoms with Crippen LogP contribution in [0.15, 0.2) is 59.5 Å². The van der Waals surface area contributed by atoms with Crippen LogP contribution in [0.2, 0.25) is 5.02 Å². The van der Waals surface area contributed by atoms with Crippen LogP contribution in [0.25, 0.3) is 0 Å². The van der Waals surface area contributed by atoms with E-state index in [9.17, 15) is 9.59 Å². The average Bonchev–Trinajstić information content (AvgIpc) is 2.56. The lowest BCUT2D eigenvalue weighted by Gasteiger charge is -2.12. The van der Waals surface area contributed by atoms with Gasteiger partial charge in [-0.25, -0.2) is 4.79 Å². The normalized spacial score (nSPS) is 11.6. The lowest BCUT2D eigenvalue weighted by molar-refractivity contribution is -0.119. The van der Waals surface area contributed by atoms with Gasteiger partial charge in [0.25, 0.3) is 0 Å². The van der Waals surface area contributed by atoms with Crippen molar-refractivity contribution >= 4 is 35.3 Å². The largest absolute Gasteiger partial charge is 0.334 e. The van der Waals surface area contributed by atoms with Crippen molar-refractivity contribution in [3.05, 3.63) is 65.2 Å². The molecule has 6 heteroatoms. The molecule has 2 rings (SSSR count). The minimum atomic E-state index is -0.498. The minimum absolute atomic E-state index is 0.337. The van der Waals surface area contributed by atoms with Gasteiger partial charge in [0.05, 0.1) is 5.25 Å². The van der Waals surface area contributed by atoms with E-state index in [4.69, 9.17) is 11.6 Å². The third-order valence-corrected chi connectivity index (χ3v) is 4.39. The highest BCUT2D eigenvalue weighted by Crippen LogP contribution is 2.24. The predicted molar refractivity (Wildman–Crippen MR) is 93.6 cm³/mol. The summed E-state index contributed by atoms with van der Waals surface area (Å²) in [6, 6.07) is 16.2. The number of urea groups is 1. The Morgan fingerprint density at radius 3 is 2.39 bits per heavy atom. The molecule has 0 unspecified atom stereocenters. The maximum Gasteiger partial charge on any atom is 0.321 e. The molecule has 23 heavy (non-hydrogen) atoms. The Morgan fingerprint density at radius 1 is 1.09 bits per heavy atom. The van der Waals surface area contributed by atoms with Gasteiger partial charge in [-0.3, -0.25) is 10.1 Å². The van der Waals surface area contributed by atoms with E-state index in [1.165, 1.54) is 11.8 Å². The van der Waals surface area contributed by atoms with Crippen LogP contribution in [-0.4, -0.2) is 17.2 Å². The molecular weight excluding hydrogens is 332 g/mol. The Balaban J connectivity index is 1.78. The smallest absolute Gasteiger partial charge is 0.321 e. The fourth-order valence-corrected chi connectivity index (χ4v) is 2.80. The molecule has 0 spiro atoms. The molecule has 0 saturated heterocycles. The second-order valence-electron chi connectivity index (χ2n) is 4.87. The zero-order chi connectivity index (χ0) is 16.7. The molecule has 2 aromatic rings. The molecule has 0 aliphatic heterocycles. The first kappa shape index (κ1) is 17.4. The predicted octanol–water partition coefficient (Wildman–Crippen LogP) is 3.85. The molecule has 0 saturated carbocycles. The van der Waals surface area contributed by atoms with E-state index in [2.05, 4.69) is 10.6 Å². The Hall–Kier alpha value is -1.98. The van der Waals surface area contributed by atoms with E-state index in [0.29, 0.717) is 11.6 Å². The Bertz CT molecular complexity index is 662. The topological polar surface area (TPSA) is 58.2 Å². The van der Waals surface area contributed by atoms with Crippen molar-refractivity contribution in [2.75, 3.05) is 0 Å².